The van der Waals surface area contributed by atoms with Gasteiger partial charge in [-0.1, -0.05) is 0 Å². The van der Waals surface area contributed by atoms with Gasteiger partial charge in [0, 0.05) is 5.54 Å². The molecule has 0 saturated heterocycles. The second-order valence-electron chi connectivity index (χ2n) is 4.42. The molecule has 88 valence electrons. The van der Waals surface area contributed by atoms with E-state index in [-0.39, 0.29) is 0 Å². The van der Waals surface area contributed by atoms with Crippen molar-refractivity contribution in [2.45, 2.75) is 38.4 Å². The van der Waals surface area contributed by atoms with Crippen LogP contribution in [0.4, 0.5) is 18.0 Å². The number of hydrogen-bond acceptors (Lipinski definition) is 1. The summed E-state index contributed by atoms with van der Waals surface area (Å²) in [6.07, 6.45) is -2.32. The molecule has 1 fully saturated rings. The van der Waals surface area contributed by atoms with Crippen LogP contribution >= 0.6 is 0 Å². The molecule has 3 nitrogen and oxygen atoms in total. The van der Waals surface area contributed by atoms with Crippen molar-refractivity contribution in [2.24, 2.45) is 5.92 Å². The van der Waals surface area contributed by atoms with Crippen molar-refractivity contribution in [3.8, 4) is 0 Å². The Hall–Kier alpha value is -0.940. The maximum atomic E-state index is 11.8. The summed E-state index contributed by atoms with van der Waals surface area (Å²) in [5, 5.41) is 4.33. The van der Waals surface area contributed by atoms with Crippen molar-refractivity contribution in [2.75, 3.05) is 6.54 Å². The van der Waals surface area contributed by atoms with Gasteiger partial charge in [0.25, 0.3) is 0 Å². The van der Waals surface area contributed by atoms with E-state index in [2.05, 4.69) is 5.32 Å². The topological polar surface area (TPSA) is 41.1 Å². The van der Waals surface area contributed by atoms with Crippen molar-refractivity contribution in [1.82, 2.24) is 10.6 Å². The summed E-state index contributed by atoms with van der Waals surface area (Å²) in [7, 11) is 0. The van der Waals surface area contributed by atoms with Crippen LogP contribution in [0, 0.1) is 5.92 Å². The number of carbonyl (C=O) groups is 1. The highest BCUT2D eigenvalue weighted by Gasteiger charge is 2.39. The maximum absolute atomic E-state index is 11.8. The van der Waals surface area contributed by atoms with Crippen LogP contribution in [0.5, 0.6) is 0 Å². The van der Waals surface area contributed by atoms with Gasteiger partial charge >= 0.3 is 12.2 Å². The average molecular weight is 224 g/mol. The third-order valence-electron chi connectivity index (χ3n) is 2.48. The van der Waals surface area contributed by atoms with Gasteiger partial charge in [-0.05, 0) is 32.6 Å². The van der Waals surface area contributed by atoms with Crippen LogP contribution < -0.4 is 10.6 Å². The standard InChI is InChI=1S/C9H15F3N2O/c1-8(2,6-3-4-6)14-7(15)13-5-9(10,11)12/h6H,3-5H2,1-2H3,(H2,13,14,15). The molecular formula is C9H15F3N2O. The third kappa shape index (κ3) is 4.40. The minimum atomic E-state index is -4.36. The molecule has 0 aromatic rings. The first-order chi connectivity index (χ1) is 6.71. The van der Waals surface area contributed by atoms with Crippen molar-refractivity contribution >= 4 is 6.03 Å². The summed E-state index contributed by atoms with van der Waals surface area (Å²) in [6.45, 7) is 2.34. The first-order valence-corrected chi connectivity index (χ1v) is 4.83. The largest absolute Gasteiger partial charge is 0.405 e. The Kier molecular flexibility index (Phi) is 3.16. The summed E-state index contributed by atoms with van der Waals surface area (Å²) < 4.78 is 35.3. The quantitative estimate of drug-likeness (QED) is 0.756. The van der Waals surface area contributed by atoms with Gasteiger partial charge in [-0.3, -0.25) is 0 Å². The van der Waals surface area contributed by atoms with Crippen LogP contribution in [0.15, 0.2) is 0 Å². The Labute approximate surface area is 86.4 Å². The molecule has 0 aromatic heterocycles. The van der Waals surface area contributed by atoms with Gasteiger partial charge in [0.15, 0.2) is 0 Å². The van der Waals surface area contributed by atoms with Crippen LogP contribution in [-0.2, 0) is 0 Å². The van der Waals surface area contributed by atoms with Crippen molar-refractivity contribution in [3.05, 3.63) is 0 Å². The molecule has 0 unspecified atom stereocenters. The molecule has 0 aromatic carbocycles. The molecule has 0 aliphatic heterocycles. The fourth-order valence-electron chi connectivity index (χ4n) is 1.42. The van der Waals surface area contributed by atoms with E-state index < -0.39 is 24.3 Å². The third-order valence-corrected chi connectivity index (χ3v) is 2.48. The van der Waals surface area contributed by atoms with E-state index in [1.165, 1.54) is 0 Å². The highest BCUT2D eigenvalue weighted by Crippen LogP contribution is 2.39. The minimum absolute atomic E-state index is 0.383. The fourth-order valence-corrected chi connectivity index (χ4v) is 1.42. The monoisotopic (exact) mass is 224 g/mol. The number of alkyl halides is 3. The Balaban J connectivity index is 2.29. The van der Waals surface area contributed by atoms with Crippen molar-refractivity contribution < 1.29 is 18.0 Å². The van der Waals surface area contributed by atoms with E-state index in [4.69, 9.17) is 0 Å². The highest BCUT2D eigenvalue weighted by atomic mass is 19.4. The summed E-state index contributed by atoms with van der Waals surface area (Å²) in [4.78, 5) is 11.1. The lowest BCUT2D eigenvalue weighted by molar-refractivity contribution is -0.122. The molecule has 0 bridgehead atoms. The van der Waals surface area contributed by atoms with Gasteiger partial charge < -0.3 is 10.6 Å². The second-order valence-corrected chi connectivity index (χ2v) is 4.42. The molecule has 0 atom stereocenters. The van der Waals surface area contributed by atoms with E-state index >= 15 is 0 Å². The molecule has 0 spiro atoms. The van der Waals surface area contributed by atoms with Crippen LogP contribution in [0.25, 0.3) is 0 Å². The fraction of sp³-hybridized carbons (Fsp3) is 0.889. The zero-order chi connectivity index (χ0) is 11.7. The lowest BCUT2D eigenvalue weighted by atomic mass is 9.99. The molecule has 2 amide bonds. The molecule has 15 heavy (non-hydrogen) atoms. The highest BCUT2D eigenvalue weighted by molar-refractivity contribution is 5.74. The number of nitrogens with one attached hydrogen (secondary N) is 2. The number of carbonyl (C=O) groups excluding carboxylic acids is 1. The van der Waals surface area contributed by atoms with Gasteiger partial charge in [-0.15, -0.1) is 0 Å². The number of urea groups is 1. The average Bonchev–Trinajstić information content (AvgIpc) is 2.80. The molecule has 1 saturated carbocycles. The summed E-state index contributed by atoms with van der Waals surface area (Å²) in [5.74, 6) is 0.383. The van der Waals surface area contributed by atoms with Gasteiger partial charge in [0.2, 0.25) is 0 Å². The first-order valence-electron chi connectivity index (χ1n) is 4.83. The van der Waals surface area contributed by atoms with E-state index in [0.717, 1.165) is 12.8 Å². The molecule has 0 heterocycles. The molecule has 2 N–H and O–H groups in total. The molecule has 1 aliphatic rings. The normalized spacial score (nSPS) is 17.4. The lowest BCUT2D eigenvalue weighted by Gasteiger charge is -2.26. The molecule has 0 radical (unpaired) electrons. The Morgan fingerprint density at radius 3 is 2.27 bits per heavy atom. The van der Waals surface area contributed by atoms with Crippen molar-refractivity contribution in [3.63, 3.8) is 0 Å². The number of rotatable bonds is 3. The smallest absolute Gasteiger partial charge is 0.333 e. The van der Waals surface area contributed by atoms with E-state index in [1.807, 2.05) is 13.8 Å². The zero-order valence-corrected chi connectivity index (χ0v) is 8.74. The molecule has 1 aliphatic carbocycles. The van der Waals surface area contributed by atoms with E-state index in [9.17, 15) is 18.0 Å². The summed E-state index contributed by atoms with van der Waals surface area (Å²) in [5.41, 5.74) is -0.421. The van der Waals surface area contributed by atoms with Crippen LogP contribution in [0.2, 0.25) is 0 Å². The first kappa shape index (κ1) is 12.1. The SMILES string of the molecule is CC(C)(NC(=O)NCC(F)(F)F)C1CC1. The lowest BCUT2D eigenvalue weighted by Crippen LogP contribution is -2.51. The molecule has 1 rings (SSSR count). The number of amides is 2. The van der Waals surface area contributed by atoms with Crippen molar-refractivity contribution in [1.29, 1.82) is 0 Å². The van der Waals surface area contributed by atoms with Gasteiger partial charge in [0.05, 0.1) is 0 Å². The second kappa shape index (κ2) is 3.90. The maximum Gasteiger partial charge on any atom is 0.405 e. The molecule has 6 heteroatoms. The van der Waals surface area contributed by atoms with E-state index in [0.29, 0.717) is 5.92 Å². The number of halogens is 3. The van der Waals surface area contributed by atoms with Crippen LogP contribution in [0.3, 0.4) is 0 Å². The summed E-state index contributed by atoms with van der Waals surface area (Å²) in [6, 6.07) is -0.760. The van der Waals surface area contributed by atoms with Crippen LogP contribution in [0.1, 0.15) is 26.7 Å². The predicted molar refractivity (Wildman–Crippen MR) is 49.4 cm³/mol. The van der Waals surface area contributed by atoms with Crippen LogP contribution in [-0.4, -0.2) is 24.3 Å². The molecular weight excluding hydrogens is 209 g/mol. The predicted octanol–water partition coefficient (Wildman–Crippen LogP) is 2.04. The van der Waals surface area contributed by atoms with Gasteiger partial charge in [-0.2, -0.15) is 13.2 Å². The Morgan fingerprint density at radius 2 is 1.87 bits per heavy atom. The Bertz CT molecular complexity index is 246. The summed E-state index contributed by atoms with van der Waals surface area (Å²) >= 11 is 0. The van der Waals surface area contributed by atoms with Gasteiger partial charge in [-0.25, -0.2) is 4.79 Å². The zero-order valence-electron chi connectivity index (χ0n) is 8.74. The van der Waals surface area contributed by atoms with Gasteiger partial charge in [0.1, 0.15) is 6.54 Å². The minimum Gasteiger partial charge on any atom is -0.333 e. The number of hydrogen-bond donors (Lipinski definition) is 2. The van der Waals surface area contributed by atoms with E-state index in [1.54, 1.807) is 5.32 Å². The Morgan fingerprint density at radius 1 is 1.33 bits per heavy atom.